The van der Waals surface area contributed by atoms with E-state index in [4.69, 9.17) is 5.11 Å². The molecule has 7 heteroatoms. The molecule has 0 radical (unpaired) electrons. The number of likely N-dealkylation sites (tertiary alicyclic amines) is 1. The largest absolute Gasteiger partial charge is 0.477 e. The molecule has 3 aliphatic heterocycles. The Morgan fingerprint density at radius 1 is 1.37 bits per heavy atom. The van der Waals surface area contributed by atoms with Crippen LogP contribution in [0, 0.1) is 5.92 Å². The summed E-state index contributed by atoms with van der Waals surface area (Å²) in [5, 5.41) is 18.3. The average molecular weight is 264 g/mol. The van der Waals surface area contributed by atoms with E-state index in [0.717, 1.165) is 4.90 Å². The Hall–Kier alpha value is -2.31. The Balaban J connectivity index is 2.03. The molecule has 2 N–H and O–H groups in total. The molecule has 2 fully saturated rings. The average Bonchev–Trinajstić information content (AvgIpc) is 2.72. The second kappa shape index (κ2) is 3.59. The lowest BCUT2D eigenvalue weighted by Crippen LogP contribution is -2.69. The summed E-state index contributed by atoms with van der Waals surface area (Å²) in [7, 11) is 0. The van der Waals surface area contributed by atoms with Gasteiger partial charge in [0.1, 0.15) is 11.7 Å². The molecule has 0 aliphatic carbocycles. The first kappa shape index (κ1) is 11.8. The van der Waals surface area contributed by atoms with Crippen LogP contribution in [0.15, 0.2) is 23.9 Å². The van der Waals surface area contributed by atoms with Crippen molar-refractivity contribution < 1.29 is 24.6 Å². The van der Waals surface area contributed by atoms with Crippen molar-refractivity contribution in [1.29, 1.82) is 0 Å². The van der Waals surface area contributed by atoms with Gasteiger partial charge in [0.15, 0.2) is 0 Å². The summed E-state index contributed by atoms with van der Waals surface area (Å²) in [5.74, 6) is -1.67. The second-order valence-corrected chi connectivity index (χ2v) is 4.93. The van der Waals surface area contributed by atoms with Crippen molar-refractivity contribution in [2.75, 3.05) is 6.54 Å². The van der Waals surface area contributed by atoms with Gasteiger partial charge in [0.05, 0.1) is 6.04 Å². The van der Waals surface area contributed by atoms with Crippen molar-refractivity contribution in [3.63, 3.8) is 0 Å². The van der Waals surface area contributed by atoms with Crippen molar-refractivity contribution in [3.05, 3.63) is 23.9 Å². The van der Waals surface area contributed by atoms with Gasteiger partial charge in [0.2, 0.25) is 0 Å². The number of hydrogen-bond donors (Lipinski definition) is 2. The molecular weight excluding hydrogens is 252 g/mol. The third-order valence-electron chi connectivity index (χ3n) is 4.08. The van der Waals surface area contributed by atoms with E-state index < -0.39 is 24.0 Å². The molecule has 0 aromatic heterocycles. The number of rotatable bonds is 2. The monoisotopic (exact) mass is 264 g/mol. The molecule has 3 heterocycles. The van der Waals surface area contributed by atoms with Gasteiger partial charge in [-0.3, -0.25) is 14.6 Å². The summed E-state index contributed by atoms with van der Waals surface area (Å²) in [6.07, 6.45) is 0.744. The van der Waals surface area contributed by atoms with E-state index in [0.29, 0.717) is 12.0 Å². The number of amides is 2. The lowest BCUT2D eigenvalue weighted by Gasteiger charge is -2.49. The number of allylic oxidation sites excluding steroid dienone is 2. The van der Waals surface area contributed by atoms with Crippen LogP contribution in [-0.2, 0) is 9.59 Å². The first-order chi connectivity index (χ1) is 8.97. The summed E-state index contributed by atoms with van der Waals surface area (Å²) >= 11 is 0. The Bertz CT molecular complexity index is 552. The molecular formula is C12H12N2O5. The molecule has 0 aromatic rings. The topological polar surface area (TPSA) is 98.2 Å². The minimum Gasteiger partial charge on any atom is -0.477 e. The van der Waals surface area contributed by atoms with Crippen LogP contribution in [-0.4, -0.2) is 56.6 Å². The van der Waals surface area contributed by atoms with Crippen LogP contribution in [0.5, 0.6) is 0 Å². The highest BCUT2D eigenvalue weighted by molar-refractivity contribution is 6.02. The number of carbonyl (C=O) groups is 3. The van der Waals surface area contributed by atoms with E-state index in [2.05, 4.69) is 6.58 Å². The highest BCUT2D eigenvalue weighted by Crippen LogP contribution is 2.47. The summed E-state index contributed by atoms with van der Waals surface area (Å²) in [6, 6.07) is -1.05. The number of β-lactam (4-membered cyclic amide) rings is 1. The van der Waals surface area contributed by atoms with Gasteiger partial charge in [-0.25, -0.2) is 9.59 Å². The standard InChI is InChI=1S/C12H12N2O5/c1-2-5-3-6-4-13(12(18)19)9-7(6)14(10(9)15)8(5)11(16)17/h2,6-7,9H,1,3-4H2,(H,16,17)(H,18,19)/t6-,7-,9+/m1/s1. The zero-order chi connectivity index (χ0) is 13.9. The van der Waals surface area contributed by atoms with E-state index in [-0.39, 0.29) is 24.2 Å². The molecule has 7 nitrogen and oxygen atoms in total. The summed E-state index contributed by atoms with van der Waals surface area (Å²) in [4.78, 5) is 36.7. The summed E-state index contributed by atoms with van der Waals surface area (Å²) in [6.45, 7) is 3.83. The minimum absolute atomic E-state index is 0.0464. The van der Waals surface area contributed by atoms with Gasteiger partial charge in [-0.2, -0.15) is 0 Å². The highest BCUT2D eigenvalue weighted by atomic mass is 16.4. The number of carboxylic acid groups (broad SMARTS) is 2. The van der Waals surface area contributed by atoms with Gasteiger partial charge < -0.3 is 10.2 Å². The van der Waals surface area contributed by atoms with Crippen molar-refractivity contribution in [3.8, 4) is 0 Å². The third-order valence-corrected chi connectivity index (χ3v) is 4.08. The van der Waals surface area contributed by atoms with Crippen LogP contribution in [0.4, 0.5) is 4.79 Å². The van der Waals surface area contributed by atoms with Gasteiger partial charge in [-0.05, 0) is 12.0 Å². The molecule has 0 bridgehead atoms. The molecule has 0 aromatic carbocycles. The van der Waals surface area contributed by atoms with Crippen molar-refractivity contribution in [2.24, 2.45) is 5.92 Å². The third kappa shape index (κ3) is 1.29. The van der Waals surface area contributed by atoms with Crippen molar-refractivity contribution >= 4 is 18.0 Å². The molecule has 0 spiro atoms. The van der Waals surface area contributed by atoms with Crippen LogP contribution in [0.3, 0.4) is 0 Å². The summed E-state index contributed by atoms with van der Waals surface area (Å²) in [5.41, 5.74) is 0.442. The molecule has 3 aliphatic rings. The fraction of sp³-hybridized carbons (Fsp3) is 0.417. The van der Waals surface area contributed by atoms with E-state index in [1.165, 1.54) is 11.0 Å². The van der Waals surface area contributed by atoms with E-state index in [1.807, 2.05) is 0 Å². The van der Waals surface area contributed by atoms with Crippen LogP contribution in [0.1, 0.15) is 6.42 Å². The summed E-state index contributed by atoms with van der Waals surface area (Å²) < 4.78 is 0. The van der Waals surface area contributed by atoms with Gasteiger partial charge in [0, 0.05) is 12.5 Å². The van der Waals surface area contributed by atoms with Crippen LogP contribution in [0.25, 0.3) is 0 Å². The molecule has 0 saturated carbocycles. The predicted octanol–water partition coefficient (Wildman–Crippen LogP) is 0.104. The fourth-order valence-electron chi connectivity index (χ4n) is 3.35. The second-order valence-electron chi connectivity index (χ2n) is 4.93. The van der Waals surface area contributed by atoms with Gasteiger partial charge in [0.25, 0.3) is 5.91 Å². The first-order valence-electron chi connectivity index (χ1n) is 5.89. The maximum atomic E-state index is 12.0. The molecule has 2 amide bonds. The van der Waals surface area contributed by atoms with Crippen molar-refractivity contribution in [2.45, 2.75) is 18.5 Å². The first-order valence-corrected chi connectivity index (χ1v) is 5.89. The van der Waals surface area contributed by atoms with E-state index in [1.54, 1.807) is 0 Å². The zero-order valence-corrected chi connectivity index (χ0v) is 9.94. The lowest BCUT2D eigenvalue weighted by molar-refractivity contribution is -0.156. The molecule has 100 valence electrons. The zero-order valence-electron chi connectivity index (χ0n) is 9.94. The molecule has 2 saturated heterocycles. The number of aliphatic carboxylic acids is 1. The maximum Gasteiger partial charge on any atom is 0.408 e. The SMILES string of the molecule is C=CC1=C(C(=O)O)N2C(=O)[C@@H]3[C@H]2[C@H](C1)CN3C(=O)O. The number of carboxylic acids is 1. The van der Waals surface area contributed by atoms with E-state index in [9.17, 15) is 19.5 Å². The van der Waals surface area contributed by atoms with Crippen LogP contribution >= 0.6 is 0 Å². The maximum absolute atomic E-state index is 12.0. The predicted molar refractivity (Wildman–Crippen MR) is 62.1 cm³/mol. The fourth-order valence-corrected chi connectivity index (χ4v) is 3.35. The quantitative estimate of drug-likeness (QED) is 0.689. The number of hydrogen-bond acceptors (Lipinski definition) is 3. The highest BCUT2D eigenvalue weighted by Gasteiger charge is 2.64. The smallest absolute Gasteiger partial charge is 0.408 e. The minimum atomic E-state index is -1.17. The Kier molecular flexibility index (Phi) is 2.23. The van der Waals surface area contributed by atoms with Gasteiger partial charge >= 0.3 is 12.1 Å². The molecule has 3 rings (SSSR count). The van der Waals surface area contributed by atoms with Gasteiger partial charge in [-0.15, -0.1) is 0 Å². The molecule has 3 atom stereocenters. The lowest BCUT2D eigenvalue weighted by atomic mass is 9.79. The van der Waals surface area contributed by atoms with Crippen LogP contribution < -0.4 is 0 Å². The Morgan fingerprint density at radius 2 is 2.05 bits per heavy atom. The molecule has 0 unspecified atom stereocenters. The van der Waals surface area contributed by atoms with Crippen LogP contribution in [0.2, 0.25) is 0 Å². The normalized spacial score (nSPS) is 32.0. The molecule has 19 heavy (non-hydrogen) atoms. The Labute approximate surface area is 108 Å². The number of nitrogens with zero attached hydrogens (tertiary/aromatic N) is 2. The van der Waals surface area contributed by atoms with E-state index >= 15 is 0 Å². The Morgan fingerprint density at radius 3 is 2.58 bits per heavy atom. The van der Waals surface area contributed by atoms with Crippen molar-refractivity contribution in [1.82, 2.24) is 9.80 Å². The van der Waals surface area contributed by atoms with Gasteiger partial charge in [-0.1, -0.05) is 12.7 Å². The number of carbonyl (C=O) groups excluding carboxylic acids is 1.